The minimum absolute atomic E-state index is 0.0349. The summed E-state index contributed by atoms with van der Waals surface area (Å²) in [5.41, 5.74) is 0.316. The highest BCUT2D eigenvalue weighted by molar-refractivity contribution is 5.85. The summed E-state index contributed by atoms with van der Waals surface area (Å²) in [6.45, 7) is 9.52. The van der Waals surface area contributed by atoms with Crippen molar-refractivity contribution in [1.82, 2.24) is 0 Å². The van der Waals surface area contributed by atoms with Gasteiger partial charge in [0.1, 0.15) is 6.61 Å². The lowest BCUT2D eigenvalue weighted by Gasteiger charge is -2.19. The van der Waals surface area contributed by atoms with E-state index in [0.717, 1.165) is 0 Å². The van der Waals surface area contributed by atoms with Crippen molar-refractivity contribution >= 4 is 5.97 Å². The van der Waals surface area contributed by atoms with Crippen LogP contribution in [0.15, 0.2) is 24.5 Å². The van der Waals surface area contributed by atoms with Gasteiger partial charge in [-0.25, -0.2) is 4.79 Å². The fraction of sp³-hybridized carbons (Fsp3) is 0.615. The van der Waals surface area contributed by atoms with Gasteiger partial charge in [-0.05, 0) is 27.2 Å². The summed E-state index contributed by atoms with van der Waals surface area (Å²) in [5.74, 6) is -0.911. The van der Waals surface area contributed by atoms with Gasteiger partial charge in [-0.2, -0.15) is 0 Å². The van der Waals surface area contributed by atoms with Gasteiger partial charge in [0.25, 0.3) is 0 Å². The lowest BCUT2D eigenvalue weighted by molar-refractivity contribution is -0.161. The zero-order valence-corrected chi connectivity index (χ0v) is 11.2. The molecule has 0 aromatic heterocycles. The number of carboxylic acid groups (broad SMARTS) is 1. The van der Waals surface area contributed by atoms with E-state index < -0.39 is 12.3 Å². The highest BCUT2D eigenvalue weighted by atomic mass is 16.7. The maximum absolute atomic E-state index is 10.5. The van der Waals surface area contributed by atoms with E-state index in [4.69, 9.17) is 19.3 Å². The van der Waals surface area contributed by atoms with Crippen molar-refractivity contribution in [3.63, 3.8) is 0 Å². The van der Waals surface area contributed by atoms with Gasteiger partial charge in [0, 0.05) is 5.57 Å². The summed E-state index contributed by atoms with van der Waals surface area (Å²) in [7, 11) is 0. The molecule has 0 saturated heterocycles. The molecule has 0 fully saturated rings. The van der Waals surface area contributed by atoms with Crippen molar-refractivity contribution in [3.8, 4) is 0 Å². The third-order valence-electron chi connectivity index (χ3n) is 1.98. The molecule has 0 heterocycles. The number of hydrogen-bond donors (Lipinski definition) is 1. The Morgan fingerprint density at radius 3 is 2.61 bits per heavy atom. The summed E-state index contributed by atoms with van der Waals surface area (Å²) in [6, 6.07) is 0. The number of carboxylic acids is 1. The molecule has 0 aliphatic heterocycles. The number of carbonyl (C=O) groups is 1. The molecule has 0 aromatic carbocycles. The van der Waals surface area contributed by atoms with E-state index in [1.54, 1.807) is 13.0 Å². The summed E-state index contributed by atoms with van der Waals surface area (Å²) in [4.78, 5) is 10.5. The normalized spacial score (nSPS) is 13.4. The van der Waals surface area contributed by atoms with Crippen LogP contribution in [-0.4, -0.2) is 36.7 Å². The van der Waals surface area contributed by atoms with Crippen LogP contribution in [0.5, 0.6) is 0 Å². The van der Waals surface area contributed by atoms with Crippen molar-refractivity contribution < 1.29 is 24.1 Å². The molecule has 1 atom stereocenters. The van der Waals surface area contributed by atoms with Crippen molar-refractivity contribution in [2.75, 3.05) is 13.2 Å². The lowest BCUT2D eigenvalue weighted by atomic mass is 10.2. The fourth-order valence-electron chi connectivity index (χ4n) is 1.15. The lowest BCUT2D eigenvalue weighted by Crippen LogP contribution is -2.25. The molecule has 5 heteroatoms. The first kappa shape index (κ1) is 16.7. The summed E-state index contributed by atoms with van der Waals surface area (Å²) in [5, 5.41) is 8.64. The minimum atomic E-state index is -0.911. The Balaban J connectivity index is 3.82. The van der Waals surface area contributed by atoms with Crippen molar-refractivity contribution in [1.29, 1.82) is 0 Å². The maximum atomic E-state index is 10.5. The van der Waals surface area contributed by atoms with E-state index in [1.807, 2.05) is 13.8 Å². The first-order valence-corrected chi connectivity index (χ1v) is 5.87. The predicted molar refractivity (Wildman–Crippen MR) is 68.1 cm³/mol. The molecular weight excluding hydrogens is 236 g/mol. The van der Waals surface area contributed by atoms with Crippen LogP contribution in [0.1, 0.15) is 27.2 Å². The largest absolute Gasteiger partial charge is 0.478 e. The number of rotatable bonds is 10. The maximum Gasteiger partial charge on any atom is 0.330 e. The standard InChI is InChI=1S/C13H22O5/c1-5-17-12(18-10(2)3)9-16-8-6-7-11(4)13(14)15/h5,7,10,12H,1,6,8-9H2,2-4H3,(H,14,15). The van der Waals surface area contributed by atoms with Crippen LogP contribution in [0.25, 0.3) is 0 Å². The van der Waals surface area contributed by atoms with E-state index in [0.29, 0.717) is 18.6 Å². The van der Waals surface area contributed by atoms with E-state index in [1.165, 1.54) is 6.26 Å². The summed E-state index contributed by atoms with van der Waals surface area (Å²) < 4.78 is 15.9. The zero-order chi connectivity index (χ0) is 14.0. The Hall–Kier alpha value is -1.33. The smallest absolute Gasteiger partial charge is 0.330 e. The molecule has 0 amide bonds. The third kappa shape index (κ3) is 8.78. The summed E-state index contributed by atoms with van der Waals surface area (Å²) >= 11 is 0. The van der Waals surface area contributed by atoms with Crippen LogP contribution in [0.4, 0.5) is 0 Å². The molecule has 0 aliphatic rings. The monoisotopic (exact) mass is 258 g/mol. The average Bonchev–Trinajstić information content (AvgIpc) is 2.27. The molecule has 104 valence electrons. The van der Waals surface area contributed by atoms with E-state index in [9.17, 15) is 4.79 Å². The molecule has 0 rings (SSSR count). The van der Waals surface area contributed by atoms with E-state index in [2.05, 4.69) is 6.58 Å². The Bertz CT molecular complexity index is 283. The Labute approximate surface area is 108 Å². The van der Waals surface area contributed by atoms with Gasteiger partial charge < -0.3 is 19.3 Å². The van der Waals surface area contributed by atoms with Crippen LogP contribution < -0.4 is 0 Å². The second kappa shape index (κ2) is 9.67. The molecule has 0 aliphatic carbocycles. The molecule has 0 aromatic rings. The van der Waals surface area contributed by atoms with Gasteiger partial charge in [0.2, 0.25) is 6.29 Å². The highest BCUT2D eigenvalue weighted by Crippen LogP contribution is 2.02. The number of hydrogen-bond acceptors (Lipinski definition) is 4. The average molecular weight is 258 g/mol. The molecule has 0 bridgehead atoms. The van der Waals surface area contributed by atoms with E-state index >= 15 is 0 Å². The van der Waals surface area contributed by atoms with Crippen molar-refractivity contribution in [2.24, 2.45) is 0 Å². The van der Waals surface area contributed by atoms with Crippen molar-refractivity contribution in [2.45, 2.75) is 39.6 Å². The molecule has 5 nitrogen and oxygen atoms in total. The number of ether oxygens (including phenoxy) is 3. The highest BCUT2D eigenvalue weighted by Gasteiger charge is 2.10. The predicted octanol–water partition coefficient (Wildman–Crippen LogP) is 2.34. The first-order chi connectivity index (χ1) is 8.47. The quantitative estimate of drug-likeness (QED) is 0.282. The van der Waals surface area contributed by atoms with Gasteiger partial charge in [0.05, 0.1) is 19.0 Å². The van der Waals surface area contributed by atoms with Crippen LogP contribution in [-0.2, 0) is 19.0 Å². The Morgan fingerprint density at radius 1 is 1.44 bits per heavy atom. The number of aliphatic carboxylic acids is 1. The topological polar surface area (TPSA) is 65.0 Å². The van der Waals surface area contributed by atoms with E-state index in [-0.39, 0.29) is 12.7 Å². The van der Waals surface area contributed by atoms with Gasteiger partial charge in [-0.1, -0.05) is 12.7 Å². The SMILES string of the molecule is C=COC(COCCC=C(C)C(=O)O)OC(C)C. The summed E-state index contributed by atoms with van der Waals surface area (Å²) in [6.07, 6.45) is 3.03. The van der Waals surface area contributed by atoms with Crippen molar-refractivity contribution in [3.05, 3.63) is 24.5 Å². The first-order valence-electron chi connectivity index (χ1n) is 5.87. The van der Waals surface area contributed by atoms with Gasteiger partial charge >= 0.3 is 5.97 Å². The molecule has 1 N–H and O–H groups in total. The fourth-order valence-corrected chi connectivity index (χ4v) is 1.15. The molecule has 0 radical (unpaired) electrons. The van der Waals surface area contributed by atoms with Gasteiger partial charge in [-0.3, -0.25) is 0 Å². The van der Waals surface area contributed by atoms with Crippen LogP contribution in [0, 0.1) is 0 Å². The second-order valence-corrected chi connectivity index (χ2v) is 3.97. The van der Waals surface area contributed by atoms with Gasteiger partial charge in [-0.15, -0.1) is 0 Å². The zero-order valence-electron chi connectivity index (χ0n) is 11.2. The molecule has 0 saturated carbocycles. The second-order valence-electron chi connectivity index (χ2n) is 3.97. The molecule has 1 unspecified atom stereocenters. The van der Waals surface area contributed by atoms with Crippen LogP contribution in [0.3, 0.4) is 0 Å². The molecule has 0 spiro atoms. The Morgan fingerprint density at radius 2 is 2.11 bits per heavy atom. The third-order valence-corrected chi connectivity index (χ3v) is 1.98. The van der Waals surface area contributed by atoms with Crippen LogP contribution in [0.2, 0.25) is 0 Å². The molecular formula is C13H22O5. The molecule has 18 heavy (non-hydrogen) atoms. The Kier molecular flexibility index (Phi) is 8.96. The van der Waals surface area contributed by atoms with Crippen LogP contribution >= 0.6 is 0 Å². The van der Waals surface area contributed by atoms with Gasteiger partial charge in [0.15, 0.2) is 0 Å². The minimum Gasteiger partial charge on any atom is -0.478 e.